The summed E-state index contributed by atoms with van der Waals surface area (Å²) in [7, 11) is 1.65. The first-order chi connectivity index (χ1) is 14.2. The number of thioether (sulfide) groups is 1. The van der Waals surface area contributed by atoms with Gasteiger partial charge in [0.15, 0.2) is 5.16 Å². The van der Waals surface area contributed by atoms with E-state index < -0.39 is 0 Å². The number of aromatic nitrogens is 2. The second kappa shape index (κ2) is 7.06. The SMILES string of the molecule is COc1cccc(-n2c(SC)nc3c(c2=O)C2(CCCC2)Cc2ccccc2-3)c1. The van der Waals surface area contributed by atoms with E-state index in [1.54, 1.807) is 11.7 Å². The Kier molecular flexibility index (Phi) is 4.50. The monoisotopic (exact) mass is 404 g/mol. The van der Waals surface area contributed by atoms with Gasteiger partial charge in [0.2, 0.25) is 0 Å². The van der Waals surface area contributed by atoms with Crippen LogP contribution in [0.1, 0.15) is 36.8 Å². The maximum absolute atomic E-state index is 14.0. The number of fused-ring (bicyclic) bond motifs is 4. The molecule has 0 atom stereocenters. The van der Waals surface area contributed by atoms with E-state index in [1.807, 2.05) is 36.6 Å². The number of hydrogen-bond donors (Lipinski definition) is 0. The third-order valence-electron chi connectivity index (χ3n) is 6.44. The summed E-state index contributed by atoms with van der Waals surface area (Å²) in [6.07, 6.45) is 7.37. The van der Waals surface area contributed by atoms with E-state index in [1.165, 1.54) is 30.2 Å². The summed E-state index contributed by atoms with van der Waals surface area (Å²) in [5.74, 6) is 0.736. The van der Waals surface area contributed by atoms with Gasteiger partial charge in [0.05, 0.1) is 24.1 Å². The van der Waals surface area contributed by atoms with Crippen LogP contribution in [-0.4, -0.2) is 22.9 Å². The van der Waals surface area contributed by atoms with Crippen molar-refractivity contribution in [2.45, 2.75) is 42.7 Å². The third kappa shape index (κ3) is 2.83. The van der Waals surface area contributed by atoms with Crippen molar-refractivity contribution in [3.05, 3.63) is 70.0 Å². The number of rotatable bonds is 3. The van der Waals surface area contributed by atoms with Crippen LogP contribution in [0.25, 0.3) is 16.9 Å². The first kappa shape index (κ1) is 18.5. The Balaban J connectivity index is 1.84. The molecular formula is C24H24N2O2S. The van der Waals surface area contributed by atoms with E-state index in [-0.39, 0.29) is 11.0 Å². The average Bonchev–Trinajstić information content (AvgIpc) is 3.21. The Labute approximate surface area is 175 Å². The number of methoxy groups -OCH3 is 1. The fraction of sp³-hybridized carbons (Fsp3) is 0.333. The molecule has 1 fully saturated rings. The van der Waals surface area contributed by atoms with Crippen molar-refractivity contribution < 1.29 is 4.74 Å². The first-order valence-electron chi connectivity index (χ1n) is 10.1. The Hall–Kier alpha value is -2.53. The molecule has 1 spiro atoms. The molecule has 0 N–H and O–H groups in total. The first-order valence-corrected chi connectivity index (χ1v) is 11.3. The molecule has 1 aromatic heterocycles. The summed E-state index contributed by atoms with van der Waals surface area (Å²) in [6, 6.07) is 16.1. The lowest BCUT2D eigenvalue weighted by Gasteiger charge is -2.36. The van der Waals surface area contributed by atoms with Crippen LogP contribution in [0, 0.1) is 0 Å². The molecule has 148 valence electrons. The van der Waals surface area contributed by atoms with Crippen LogP contribution in [0.4, 0.5) is 0 Å². The Morgan fingerprint density at radius 1 is 1.10 bits per heavy atom. The fourth-order valence-electron chi connectivity index (χ4n) is 5.13. The van der Waals surface area contributed by atoms with Crippen molar-refractivity contribution in [1.82, 2.24) is 9.55 Å². The molecule has 3 aromatic rings. The van der Waals surface area contributed by atoms with Crippen LogP contribution in [-0.2, 0) is 11.8 Å². The summed E-state index contributed by atoms with van der Waals surface area (Å²) in [4.78, 5) is 19.1. The highest BCUT2D eigenvalue weighted by atomic mass is 32.2. The molecule has 2 aliphatic rings. The van der Waals surface area contributed by atoms with Crippen LogP contribution < -0.4 is 10.3 Å². The van der Waals surface area contributed by atoms with Crippen molar-refractivity contribution in [3.8, 4) is 22.7 Å². The van der Waals surface area contributed by atoms with Crippen LogP contribution in [0.15, 0.2) is 58.5 Å². The summed E-state index contributed by atoms with van der Waals surface area (Å²) in [5, 5.41) is 0.715. The number of nitrogens with zero attached hydrogens (tertiary/aromatic N) is 2. The van der Waals surface area contributed by atoms with Crippen molar-refractivity contribution >= 4 is 11.8 Å². The van der Waals surface area contributed by atoms with Gasteiger partial charge in [-0.15, -0.1) is 0 Å². The highest BCUT2D eigenvalue weighted by molar-refractivity contribution is 7.98. The zero-order chi connectivity index (χ0) is 20.0. The minimum absolute atomic E-state index is 0.0732. The van der Waals surface area contributed by atoms with Gasteiger partial charge in [-0.3, -0.25) is 9.36 Å². The fourth-order valence-corrected chi connectivity index (χ4v) is 5.68. The predicted molar refractivity (Wildman–Crippen MR) is 117 cm³/mol. The van der Waals surface area contributed by atoms with Crippen LogP contribution in [0.2, 0.25) is 0 Å². The molecule has 0 amide bonds. The maximum Gasteiger partial charge on any atom is 0.263 e. The molecule has 2 aromatic carbocycles. The van der Waals surface area contributed by atoms with Crippen molar-refractivity contribution in [1.29, 1.82) is 0 Å². The van der Waals surface area contributed by atoms with E-state index in [9.17, 15) is 4.79 Å². The molecule has 0 aliphatic heterocycles. The van der Waals surface area contributed by atoms with Gasteiger partial charge in [0, 0.05) is 17.0 Å². The maximum atomic E-state index is 14.0. The Morgan fingerprint density at radius 3 is 2.66 bits per heavy atom. The largest absolute Gasteiger partial charge is 0.497 e. The molecule has 0 unspecified atom stereocenters. The summed E-state index contributed by atoms with van der Waals surface area (Å²) in [6.45, 7) is 0. The van der Waals surface area contributed by atoms with Gasteiger partial charge in [-0.1, -0.05) is 54.9 Å². The van der Waals surface area contributed by atoms with Crippen LogP contribution >= 0.6 is 11.8 Å². The number of benzene rings is 2. The summed E-state index contributed by atoms with van der Waals surface area (Å²) < 4.78 is 7.18. The predicted octanol–water partition coefficient (Wildman–Crippen LogP) is 5.00. The van der Waals surface area contributed by atoms with Crippen molar-refractivity contribution in [2.75, 3.05) is 13.4 Å². The molecule has 1 heterocycles. The van der Waals surface area contributed by atoms with Gasteiger partial charge in [0.25, 0.3) is 5.56 Å². The van der Waals surface area contributed by atoms with Gasteiger partial charge < -0.3 is 4.74 Å². The van der Waals surface area contributed by atoms with Gasteiger partial charge in [0.1, 0.15) is 5.75 Å². The summed E-state index contributed by atoms with van der Waals surface area (Å²) >= 11 is 1.51. The topological polar surface area (TPSA) is 44.1 Å². The minimum atomic E-state index is -0.0919. The van der Waals surface area contributed by atoms with Crippen molar-refractivity contribution in [2.24, 2.45) is 0 Å². The Morgan fingerprint density at radius 2 is 1.90 bits per heavy atom. The Bertz CT molecular complexity index is 1150. The van der Waals surface area contributed by atoms with Crippen molar-refractivity contribution in [3.63, 3.8) is 0 Å². The minimum Gasteiger partial charge on any atom is -0.497 e. The number of ether oxygens (including phenoxy) is 1. The van der Waals surface area contributed by atoms with Gasteiger partial charge in [-0.25, -0.2) is 4.98 Å². The van der Waals surface area contributed by atoms with E-state index in [2.05, 4.69) is 18.2 Å². The highest BCUT2D eigenvalue weighted by Gasteiger charge is 2.44. The van der Waals surface area contributed by atoms with Gasteiger partial charge >= 0.3 is 0 Å². The molecule has 5 heteroatoms. The zero-order valence-corrected chi connectivity index (χ0v) is 17.6. The zero-order valence-electron chi connectivity index (χ0n) is 16.8. The molecule has 1 saturated carbocycles. The number of hydrogen-bond acceptors (Lipinski definition) is 4. The molecule has 29 heavy (non-hydrogen) atoms. The second-order valence-corrected chi connectivity index (χ2v) is 8.76. The smallest absolute Gasteiger partial charge is 0.263 e. The van der Waals surface area contributed by atoms with E-state index in [4.69, 9.17) is 9.72 Å². The second-order valence-electron chi connectivity index (χ2n) is 7.99. The quantitative estimate of drug-likeness (QED) is 0.455. The van der Waals surface area contributed by atoms with Gasteiger partial charge in [-0.2, -0.15) is 0 Å². The molecule has 2 aliphatic carbocycles. The molecule has 4 nitrogen and oxygen atoms in total. The van der Waals surface area contributed by atoms with Gasteiger partial charge in [-0.05, 0) is 43.2 Å². The molecule has 0 bridgehead atoms. The van der Waals surface area contributed by atoms with E-state index in [0.29, 0.717) is 5.16 Å². The summed E-state index contributed by atoms with van der Waals surface area (Å²) in [5.41, 5.74) is 5.03. The average molecular weight is 405 g/mol. The highest BCUT2D eigenvalue weighted by Crippen LogP contribution is 2.50. The standard InChI is InChI=1S/C24H24N2O2S/c1-28-18-10-7-9-17(14-18)26-22(27)20-21(25-23(26)29-2)19-11-4-3-8-16(19)15-24(20)12-5-6-13-24/h3-4,7-11,14H,5-6,12-13,15H2,1-2H3. The molecule has 5 rings (SSSR count). The normalized spacial score (nSPS) is 16.5. The lowest BCUT2D eigenvalue weighted by atomic mass is 9.68. The lowest BCUT2D eigenvalue weighted by Crippen LogP contribution is -2.40. The lowest BCUT2D eigenvalue weighted by molar-refractivity contribution is 0.413. The van der Waals surface area contributed by atoms with Crippen LogP contribution in [0.5, 0.6) is 5.75 Å². The molecule has 0 saturated heterocycles. The molecule has 0 radical (unpaired) electrons. The van der Waals surface area contributed by atoms with Crippen LogP contribution in [0.3, 0.4) is 0 Å². The third-order valence-corrected chi connectivity index (χ3v) is 7.08. The van der Waals surface area contributed by atoms with E-state index >= 15 is 0 Å². The van der Waals surface area contributed by atoms with E-state index in [0.717, 1.165) is 47.5 Å². The molecular weight excluding hydrogens is 380 g/mol.